The topological polar surface area (TPSA) is 83.3 Å². The van der Waals surface area contributed by atoms with E-state index in [4.69, 9.17) is 0 Å². The Morgan fingerprint density at radius 2 is 1.95 bits per heavy atom. The SMILES string of the molecule is Cc1cnc(Nc2ccc(F)cc2)nc1-c1cc2n(c1)CCN([C@H](CO)c1cccc(C3CC3)c1)C2=O. The standard InChI is InChI=1S/C29H28FN5O2/c1-18-15-31-29(32-24-9-7-23(30)8-10-24)33-27(18)22-14-25-28(37)35(12-11-34(25)16-22)26(17-36)21-4-2-3-20(13-21)19-5-6-19/h2-4,7-10,13-16,19,26,36H,5-6,11-12,17H2,1H3,(H,31,32,33)/t26-/m1/s1. The Balaban J connectivity index is 1.27. The third kappa shape index (κ3) is 4.60. The highest BCUT2D eigenvalue weighted by Crippen LogP contribution is 2.41. The fourth-order valence-corrected chi connectivity index (χ4v) is 5.04. The molecule has 37 heavy (non-hydrogen) atoms. The molecule has 1 aliphatic heterocycles. The molecule has 0 unspecified atom stereocenters. The molecular weight excluding hydrogens is 469 g/mol. The normalized spacial score (nSPS) is 16.0. The second-order valence-electron chi connectivity index (χ2n) is 9.81. The highest BCUT2D eigenvalue weighted by atomic mass is 19.1. The number of aryl methyl sites for hydroxylation is 1. The summed E-state index contributed by atoms with van der Waals surface area (Å²) in [6.45, 7) is 2.94. The first-order chi connectivity index (χ1) is 18.0. The van der Waals surface area contributed by atoms with Crippen LogP contribution in [-0.4, -0.2) is 43.6 Å². The van der Waals surface area contributed by atoms with Gasteiger partial charge in [0.25, 0.3) is 5.91 Å². The van der Waals surface area contributed by atoms with Crippen LogP contribution >= 0.6 is 0 Å². The molecule has 1 fully saturated rings. The van der Waals surface area contributed by atoms with Gasteiger partial charge in [-0.2, -0.15) is 0 Å². The maximum atomic E-state index is 13.6. The molecule has 2 N–H and O–H groups in total. The molecule has 1 aliphatic carbocycles. The number of aromatic nitrogens is 3. The van der Waals surface area contributed by atoms with Gasteiger partial charge in [-0.25, -0.2) is 14.4 Å². The van der Waals surface area contributed by atoms with Crippen LogP contribution in [0, 0.1) is 12.7 Å². The predicted octanol–water partition coefficient (Wildman–Crippen LogP) is 5.20. The van der Waals surface area contributed by atoms with Crippen molar-refractivity contribution in [1.29, 1.82) is 0 Å². The van der Waals surface area contributed by atoms with Crippen molar-refractivity contribution in [2.75, 3.05) is 18.5 Å². The van der Waals surface area contributed by atoms with Crippen LogP contribution in [0.1, 0.15) is 52.0 Å². The maximum Gasteiger partial charge on any atom is 0.271 e. The van der Waals surface area contributed by atoms with Gasteiger partial charge in [0, 0.05) is 36.7 Å². The van der Waals surface area contributed by atoms with Gasteiger partial charge in [0.1, 0.15) is 11.5 Å². The van der Waals surface area contributed by atoms with Crippen LogP contribution in [0.25, 0.3) is 11.3 Å². The number of halogens is 1. The Morgan fingerprint density at radius 1 is 1.14 bits per heavy atom. The van der Waals surface area contributed by atoms with Crippen LogP contribution < -0.4 is 5.32 Å². The third-order valence-corrected chi connectivity index (χ3v) is 7.20. The smallest absolute Gasteiger partial charge is 0.271 e. The summed E-state index contributed by atoms with van der Waals surface area (Å²) in [6, 6.07) is 15.8. The molecule has 1 saturated carbocycles. The van der Waals surface area contributed by atoms with E-state index in [1.54, 1.807) is 23.2 Å². The van der Waals surface area contributed by atoms with Crippen molar-refractivity contribution in [3.8, 4) is 11.3 Å². The number of fused-ring (bicyclic) bond motifs is 1. The largest absolute Gasteiger partial charge is 0.394 e. The third-order valence-electron chi connectivity index (χ3n) is 7.20. The lowest BCUT2D eigenvalue weighted by molar-refractivity contribution is 0.0526. The minimum absolute atomic E-state index is 0.107. The van der Waals surface area contributed by atoms with Gasteiger partial charge >= 0.3 is 0 Å². The van der Waals surface area contributed by atoms with Crippen LogP contribution in [0.2, 0.25) is 0 Å². The van der Waals surface area contributed by atoms with E-state index < -0.39 is 0 Å². The number of nitrogens with zero attached hydrogens (tertiary/aromatic N) is 4. The van der Waals surface area contributed by atoms with Gasteiger partial charge in [0.15, 0.2) is 0 Å². The monoisotopic (exact) mass is 497 g/mol. The van der Waals surface area contributed by atoms with Crippen molar-refractivity contribution in [3.63, 3.8) is 0 Å². The zero-order chi connectivity index (χ0) is 25.5. The Bertz CT molecular complexity index is 1460. The van der Waals surface area contributed by atoms with Crippen molar-refractivity contribution < 1.29 is 14.3 Å². The van der Waals surface area contributed by atoms with Crippen molar-refractivity contribution in [2.45, 2.75) is 38.3 Å². The summed E-state index contributed by atoms with van der Waals surface area (Å²) < 4.78 is 15.2. The molecule has 0 radical (unpaired) electrons. The minimum atomic E-state index is -0.384. The Morgan fingerprint density at radius 3 is 2.70 bits per heavy atom. The summed E-state index contributed by atoms with van der Waals surface area (Å²) in [7, 11) is 0. The summed E-state index contributed by atoms with van der Waals surface area (Å²) in [5, 5.41) is 13.4. The van der Waals surface area contributed by atoms with E-state index in [1.807, 2.05) is 35.9 Å². The first-order valence-electron chi connectivity index (χ1n) is 12.6. The van der Waals surface area contributed by atoms with Gasteiger partial charge in [-0.05, 0) is 72.7 Å². The molecule has 8 heteroatoms. The molecule has 4 aromatic rings. The van der Waals surface area contributed by atoms with E-state index in [0.717, 1.165) is 22.4 Å². The Hall–Kier alpha value is -4.04. The molecule has 6 rings (SSSR count). The van der Waals surface area contributed by atoms with Crippen LogP contribution in [-0.2, 0) is 6.54 Å². The average molecular weight is 498 g/mol. The second-order valence-corrected chi connectivity index (χ2v) is 9.81. The van der Waals surface area contributed by atoms with Crippen LogP contribution in [0.15, 0.2) is 67.0 Å². The molecule has 2 aliphatic rings. The number of rotatable bonds is 7. The van der Waals surface area contributed by atoms with Gasteiger partial charge in [-0.1, -0.05) is 24.3 Å². The van der Waals surface area contributed by atoms with E-state index in [9.17, 15) is 14.3 Å². The second kappa shape index (κ2) is 9.44. The van der Waals surface area contributed by atoms with Gasteiger partial charge < -0.3 is 19.9 Å². The number of anilines is 2. The van der Waals surface area contributed by atoms with Crippen molar-refractivity contribution in [2.24, 2.45) is 0 Å². The number of carbonyl (C=O) groups is 1. The first kappa shape index (κ1) is 23.4. The summed E-state index contributed by atoms with van der Waals surface area (Å²) in [4.78, 5) is 24.4. The van der Waals surface area contributed by atoms with E-state index in [-0.39, 0.29) is 24.4 Å². The van der Waals surface area contributed by atoms with Gasteiger partial charge in [0.2, 0.25) is 5.95 Å². The number of hydrogen-bond donors (Lipinski definition) is 2. The van der Waals surface area contributed by atoms with Crippen LogP contribution in [0.5, 0.6) is 0 Å². The number of benzene rings is 2. The summed E-state index contributed by atoms with van der Waals surface area (Å²) >= 11 is 0. The molecule has 2 aromatic carbocycles. The zero-order valence-corrected chi connectivity index (χ0v) is 20.6. The lowest BCUT2D eigenvalue weighted by atomic mass is 10.00. The molecule has 1 atom stereocenters. The van der Waals surface area contributed by atoms with E-state index in [0.29, 0.717) is 36.3 Å². The molecule has 7 nitrogen and oxygen atoms in total. The fraction of sp³-hybridized carbons (Fsp3) is 0.276. The lowest BCUT2D eigenvalue weighted by Crippen LogP contribution is -2.43. The van der Waals surface area contributed by atoms with Crippen LogP contribution in [0.3, 0.4) is 0 Å². The highest BCUT2D eigenvalue weighted by Gasteiger charge is 2.32. The van der Waals surface area contributed by atoms with Gasteiger partial charge in [-0.15, -0.1) is 0 Å². The lowest BCUT2D eigenvalue weighted by Gasteiger charge is -2.34. The Kier molecular flexibility index (Phi) is 5.96. The van der Waals surface area contributed by atoms with Crippen molar-refractivity contribution in [3.05, 3.63) is 95.2 Å². The number of carbonyl (C=O) groups excluding carboxylic acids is 1. The molecule has 2 aromatic heterocycles. The summed E-state index contributed by atoms with van der Waals surface area (Å²) in [5.74, 6) is 0.577. The molecule has 1 amide bonds. The van der Waals surface area contributed by atoms with E-state index >= 15 is 0 Å². The number of amides is 1. The quantitative estimate of drug-likeness (QED) is 0.367. The number of aliphatic hydroxyl groups excluding tert-OH is 1. The van der Waals surface area contributed by atoms with E-state index in [1.165, 1.54) is 30.5 Å². The molecule has 3 heterocycles. The predicted molar refractivity (Wildman–Crippen MR) is 139 cm³/mol. The van der Waals surface area contributed by atoms with Gasteiger partial charge in [-0.3, -0.25) is 4.79 Å². The zero-order valence-electron chi connectivity index (χ0n) is 20.6. The first-order valence-corrected chi connectivity index (χ1v) is 12.6. The van der Waals surface area contributed by atoms with Gasteiger partial charge in [0.05, 0.1) is 18.3 Å². The minimum Gasteiger partial charge on any atom is -0.394 e. The fourth-order valence-electron chi connectivity index (χ4n) is 5.04. The summed E-state index contributed by atoms with van der Waals surface area (Å²) in [6.07, 6.45) is 6.09. The average Bonchev–Trinajstić information content (AvgIpc) is 3.67. The van der Waals surface area contributed by atoms with Crippen molar-refractivity contribution in [1.82, 2.24) is 19.4 Å². The molecular formula is C29H28FN5O2. The van der Waals surface area contributed by atoms with Crippen LogP contribution in [0.4, 0.5) is 16.0 Å². The molecule has 188 valence electrons. The molecule has 0 saturated heterocycles. The highest BCUT2D eigenvalue weighted by molar-refractivity contribution is 5.95. The Labute approximate surface area is 214 Å². The molecule has 0 spiro atoms. The number of hydrogen-bond acceptors (Lipinski definition) is 5. The summed E-state index contributed by atoms with van der Waals surface area (Å²) in [5.41, 5.74) is 5.93. The van der Waals surface area contributed by atoms with Crippen molar-refractivity contribution >= 4 is 17.5 Å². The number of aliphatic hydroxyl groups is 1. The van der Waals surface area contributed by atoms with E-state index in [2.05, 4.69) is 27.4 Å². The number of nitrogens with one attached hydrogen (secondary N) is 1. The maximum absolute atomic E-state index is 13.6. The molecule has 0 bridgehead atoms.